The van der Waals surface area contributed by atoms with Gasteiger partial charge in [-0.3, -0.25) is 9.35 Å². The molecule has 3 rings (SSSR count). The van der Waals surface area contributed by atoms with Gasteiger partial charge in [-0.15, -0.1) is 0 Å². The zero-order valence-corrected chi connectivity index (χ0v) is 20.5. The minimum atomic E-state index is -4.87. The zero-order chi connectivity index (χ0) is 25.4. The number of hydrogen-bond acceptors (Lipinski definition) is 7. The fraction of sp³-hybridized carbons (Fsp3) is 0.320. The third-order valence-corrected chi connectivity index (χ3v) is 5.94. The van der Waals surface area contributed by atoms with Crippen molar-refractivity contribution in [3.05, 3.63) is 68.8 Å². The van der Waals surface area contributed by atoms with Crippen molar-refractivity contribution in [2.24, 2.45) is 0 Å². The molecule has 1 aliphatic rings. The number of rotatable bonds is 7. The molecule has 0 bridgehead atoms. The van der Waals surface area contributed by atoms with E-state index in [-0.39, 0.29) is 41.2 Å². The number of phenolic OH excluding ortho intramolecular Hbond substituents is 2. The van der Waals surface area contributed by atoms with Gasteiger partial charge in [0.05, 0.1) is 12.7 Å². The van der Waals surface area contributed by atoms with Crippen molar-refractivity contribution in [1.29, 1.82) is 0 Å². The Labute approximate surface area is 199 Å². The van der Waals surface area contributed by atoms with Crippen molar-refractivity contribution in [2.75, 3.05) is 7.11 Å². The number of ether oxygens (including phenoxy) is 1. The van der Waals surface area contributed by atoms with Crippen LogP contribution in [0.3, 0.4) is 0 Å². The van der Waals surface area contributed by atoms with Crippen LogP contribution >= 0.6 is 0 Å². The first-order valence-electron chi connectivity index (χ1n) is 10.6. The van der Waals surface area contributed by atoms with Gasteiger partial charge in [-0.05, 0) is 70.2 Å². The van der Waals surface area contributed by atoms with Crippen LogP contribution in [0.15, 0.2) is 35.4 Å². The first-order valence-corrected chi connectivity index (χ1v) is 12.0. The zero-order valence-electron chi connectivity index (χ0n) is 19.7. The Morgan fingerprint density at radius 3 is 2.06 bits per heavy atom. The van der Waals surface area contributed by atoms with Crippen LogP contribution in [0.2, 0.25) is 0 Å². The molecule has 1 aliphatic carbocycles. The van der Waals surface area contributed by atoms with Crippen molar-refractivity contribution in [3.63, 3.8) is 0 Å². The lowest BCUT2D eigenvalue weighted by atomic mass is 9.79. The predicted molar refractivity (Wildman–Crippen MR) is 127 cm³/mol. The number of ketones is 1. The Hall–Kier alpha value is -3.30. The summed E-state index contributed by atoms with van der Waals surface area (Å²) in [7, 11) is -3.47. The molecule has 0 atom stereocenters. The Bertz CT molecular complexity index is 1330. The molecular formula is C25H28O8S. The molecule has 0 radical (unpaired) electrons. The van der Waals surface area contributed by atoms with Crippen LogP contribution in [0.25, 0.3) is 0 Å². The van der Waals surface area contributed by atoms with Crippen molar-refractivity contribution in [1.82, 2.24) is 0 Å². The molecular weight excluding hydrogens is 460 g/mol. The lowest BCUT2D eigenvalue weighted by molar-refractivity contribution is 0.103. The summed E-state index contributed by atoms with van der Waals surface area (Å²) in [6, 6.07) is 2.76. The topological polar surface area (TPSA) is 130 Å². The summed E-state index contributed by atoms with van der Waals surface area (Å²) < 4.78 is 42.2. The van der Waals surface area contributed by atoms with Crippen molar-refractivity contribution >= 4 is 16.2 Å². The molecule has 34 heavy (non-hydrogen) atoms. The van der Waals surface area contributed by atoms with Crippen LogP contribution in [0.4, 0.5) is 0 Å². The number of phenols is 2. The summed E-state index contributed by atoms with van der Waals surface area (Å²) in [6.45, 7) is 7.48. The Morgan fingerprint density at radius 2 is 1.53 bits per heavy atom. The largest absolute Gasteiger partial charge is 0.507 e. The second kappa shape index (κ2) is 9.52. The highest BCUT2D eigenvalue weighted by molar-refractivity contribution is 7.81. The SMILES string of the molecule is COc1c(O)cc2c(c1CC=C(C)C)C(=O)c1c(cc(OS(=O)(=O)O)c(CC=C(C)C)c1O)C2. The number of methoxy groups -OCH3 is 1. The van der Waals surface area contributed by atoms with Gasteiger partial charge < -0.3 is 19.1 Å². The predicted octanol–water partition coefficient (Wildman–Crippen LogP) is 4.44. The highest BCUT2D eigenvalue weighted by Crippen LogP contribution is 2.45. The molecule has 0 heterocycles. The van der Waals surface area contributed by atoms with Crippen molar-refractivity contribution in [3.8, 4) is 23.0 Å². The smallest absolute Gasteiger partial charge is 0.446 e. The quantitative estimate of drug-likeness (QED) is 0.329. The molecule has 0 fully saturated rings. The highest BCUT2D eigenvalue weighted by atomic mass is 32.3. The molecule has 0 spiro atoms. The maximum absolute atomic E-state index is 13.7. The monoisotopic (exact) mass is 488 g/mol. The third-order valence-electron chi connectivity index (χ3n) is 5.55. The van der Waals surface area contributed by atoms with E-state index in [4.69, 9.17) is 8.92 Å². The van der Waals surface area contributed by atoms with Gasteiger partial charge in [0.25, 0.3) is 0 Å². The molecule has 0 unspecified atom stereocenters. The molecule has 0 saturated heterocycles. The number of carbonyl (C=O) groups excluding carboxylic acids is 1. The van der Waals surface area contributed by atoms with Gasteiger partial charge in [-0.1, -0.05) is 23.3 Å². The van der Waals surface area contributed by atoms with Crippen molar-refractivity contribution < 1.29 is 36.9 Å². The van der Waals surface area contributed by atoms with Crippen LogP contribution in [-0.4, -0.2) is 36.1 Å². The van der Waals surface area contributed by atoms with E-state index in [9.17, 15) is 28.0 Å². The molecule has 0 aromatic heterocycles. The van der Waals surface area contributed by atoms with Gasteiger partial charge in [0.2, 0.25) is 0 Å². The van der Waals surface area contributed by atoms with Crippen LogP contribution in [0, 0.1) is 0 Å². The second-order valence-electron chi connectivity index (χ2n) is 8.67. The fourth-order valence-corrected chi connectivity index (χ4v) is 4.44. The van der Waals surface area contributed by atoms with E-state index in [1.807, 2.05) is 33.8 Å². The number of carbonyl (C=O) groups is 1. The molecule has 3 N–H and O–H groups in total. The molecule has 8 nitrogen and oxygen atoms in total. The van der Waals surface area contributed by atoms with Gasteiger partial charge in [0.1, 0.15) is 5.75 Å². The Balaban J connectivity index is 2.29. The van der Waals surface area contributed by atoms with Crippen LogP contribution in [0.5, 0.6) is 23.0 Å². The van der Waals surface area contributed by atoms with Crippen LogP contribution < -0.4 is 8.92 Å². The number of benzene rings is 2. The van der Waals surface area contributed by atoms with Gasteiger partial charge in [-0.25, -0.2) is 0 Å². The summed E-state index contributed by atoms with van der Waals surface area (Å²) in [5, 5.41) is 21.6. The highest BCUT2D eigenvalue weighted by Gasteiger charge is 2.34. The normalized spacial score (nSPS) is 12.5. The average molecular weight is 489 g/mol. The van der Waals surface area contributed by atoms with Gasteiger partial charge >= 0.3 is 10.4 Å². The summed E-state index contributed by atoms with van der Waals surface area (Å²) in [6.07, 6.45) is 4.17. The van der Waals surface area contributed by atoms with Gasteiger partial charge in [0, 0.05) is 16.7 Å². The van der Waals surface area contributed by atoms with Gasteiger partial charge in [0.15, 0.2) is 23.0 Å². The van der Waals surface area contributed by atoms with E-state index >= 15 is 0 Å². The van der Waals surface area contributed by atoms with Crippen LogP contribution in [0.1, 0.15) is 65.9 Å². The average Bonchev–Trinajstić information content (AvgIpc) is 2.69. The number of hydrogen-bond donors (Lipinski definition) is 3. The third kappa shape index (κ3) is 5.10. The Kier molecular flexibility index (Phi) is 7.09. The number of allylic oxidation sites excluding steroid dienone is 4. The minimum absolute atomic E-state index is 0.0264. The minimum Gasteiger partial charge on any atom is -0.507 e. The first kappa shape index (κ1) is 25.3. The summed E-state index contributed by atoms with van der Waals surface area (Å²) in [5.74, 6) is -1.10. The van der Waals surface area contributed by atoms with E-state index < -0.39 is 21.9 Å². The van der Waals surface area contributed by atoms with Gasteiger partial charge in [-0.2, -0.15) is 8.42 Å². The second-order valence-corrected chi connectivity index (χ2v) is 9.69. The molecule has 2 aromatic rings. The van der Waals surface area contributed by atoms with Crippen molar-refractivity contribution in [2.45, 2.75) is 47.0 Å². The van der Waals surface area contributed by atoms with E-state index in [2.05, 4.69) is 0 Å². The summed E-state index contributed by atoms with van der Waals surface area (Å²) in [5.41, 5.74) is 3.64. The lowest BCUT2D eigenvalue weighted by Gasteiger charge is -2.25. The standard InChI is InChI=1S/C25H28O8S/c1-13(2)6-8-17-20(33-34(29,30)31)12-16-10-15-11-19(26)25(32-5)18(9-7-14(3)4)21(15)24(28)22(16)23(17)27/h6-7,11-12,26-27H,8-10H2,1-5H3,(H,29,30,31). The maximum atomic E-state index is 13.7. The molecule has 2 aromatic carbocycles. The number of aromatic hydroxyl groups is 2. The maximum Gasteiger partial charge on any atom is 0.446 e. The molecule has 182 valence electrons. The van der Waals surface area contributed by atoms with Crippen LogP contribution in [-0.2, 0) is 29.7 Å². The van der Waals surface area contributed by atoms with E-state index in [1.54, 1.807) is 6.08 Å². The summed E-state index contributed by atoms with van der Waals surface area (Å²) in [4.78, 5) is 13.7. The first-order chi connectivity index (χ1) is 15.8. The molecule has 0 aliphatic heterocycles. The summed E-state index contributed by atoms with van der Waals surface area (Å²) >= 11 is 0. The Morgan fingerprint density at radius 1 is 0.971 bits per heavy atom. The van der Waals surface area contributed by atoms with E-state index in [0.29, 0.717) is 28.7 Å². The number of fused-ring (bicyclic) bond motifs is 2. The van der Waals surface area contributed by atoms with E-state index in [0.717, 1.165) is 11.1 Å². The lowest BCUT2D eigenvalue weighted by Crippen LogP contribution is -2.20. The molecule has 9 heteroatoms. The fourth-order valence-electron chi connectivity index (χ4n) is 4.07. The molecule has 0 amide bonds. The van der Waals surface area contributed by atoms with E-state index in [1.165, 1.54) is 19.2 Å². The molecule has 0 saturated carbocycles.